The summed E-state index contributed by atoms with van der Waals surface area (Å²) in [7, 11) is 4.09. The lowest BCUT2D eigenvalue weighted by molar-refractivity contribution is 0.328. The molecule has 1 aliphatic heterocycles. The molecule has 3 rings (SSSR count). The van der Waals surface area contributed by atoms with E-state index in [0.717, 1.165) is 36.7 Å². The predicted molar refractivity (Wildman–Crippen MR) is 90.5 cm³/mol. The van der Waals surface area contributed by atoms with Crippen LogP contribution in [0, 0.1) is 0 Å². The maximum absolute atomic E-state index is 4.77. The van der Waals surface area contributed by atoms with Crippen LogP contribution in [0.5, 0.6) is 0 Å². The molecule has 21 heavy (non-hydrogen) atoms. The van der Waals surface area contributed by atoms with Crippen molar-refractivity contribution in [1.29, 1.82) is 0 Å². The van der Waals surface area contributed by atoms with E-state index in [1.54, 1.807) is 11.3 Å². The van der Waals surface area contributed by atoms with Crippen LogP contribution in [0.3, 0.4) is 0 Å². The Morgan fingerprint density at radius 3 is 3.00 bits per heavy atom. The number of thiophene rings is 1. The predicted octanol–water partition coefficient (Wildman–Crippen LogP) is 2.65. The number of anilines is 2. The fraction of sp³-hybridized carbons (Fsp3) is 0.600. The zero-order chi connectivity index (χ0) is 14.8. The molecule has 0 radical (unpaired) electrons. The van der Waals surface area contributed by atoms with Gasteiger partial charge in [0, 0.05) is 26.2 Å². The van der Waals surface area contributed by atoms with Gasteiger partial charge in [0.1, 0.15) is 10.6 Å². The monoisotopic (exact) mass is 305 g/mol. The zero-order valence-electron chi connectivity index (χ0n) is 13.0. The normalized spacial score (nSPS) is 20.7. The van der Waals surface area contributed by atoms with Gasteiger partial charge in [0.15, 0.2) is 0 Å². The maximum atomic E-state index is 4.77. The molecule has 0 spiro atoms. The van der Waals surface area contributed by atoms with Crippen LogP contribution in [0.15, 0.2) is 11.4 Å². The molecule has 0 aliphatic carbocycles. The minimum absolute atomic E-state index is 0.514. The van der Waals surface area contributed by atoms with Crippen molar-refractivity contribution in [3.8, 4) is 0 Å². The van der Waals surface area contributed by atoms with Gasteiger partial charge >= 0.3 is 0 Å². The van der Waals surface area contributed by atoms with E-state index < -0.39 is 0 Å². The lowest BCUT2D eigenvalue weighted by atomic mass is 10.1. The van der Waals surface area contributed by atoms with Gasteiger partial charge in [0.05, 0.1) is 5.39 Å². The second-order valence-electron chi connectivity index (χ2n) is 5.63. The molecule has 0 saturated carbocycles. The SMILES string of the molecule is CCC1CN(C)CCCN1c1nc(NC)nc2sccc12. The number of aromatic nitrogens is 2. The van der Waals surface area contributed by atoms with Gasteiger partial charge in [-0.25, -0.2) is 4.98 Å². The fourth-order valence-electron chi connectivity index (χ4n) is 3.04. The zero-order valence-corrected chi connectivity index (χ0v) is 13.8. The standard InChI is InChI=1S/C15H23N5S/c1-4-11-10-19(3)7-5-8-20(11)13-12-6-9-21-14(12)18-15(16-2)17-13/h6,9,11H,4-5,7-8,10H2,1-3H3,(H,16,17,18). The highest BCUT2D eigenvalue weighted by molar-refractivity contribution is 7.16. The lowest BCUT2D eigenvalue weighted by Gasteiger charge is -2.31. The molecule has 1 aliphatic rings. The van der Waals surface area contributed by atoms with Gasteiger partial charge in [0.2, 0.25) is 5.95 Å². The van der Waals surface area contributed by atoms with Crippen LogP contribution in [-0.4, -0.2) is 54.6 Å². The van der Waals surface area contributed by atoms with Crippen molar-refractivity contribution in [2.75, 3.05) is 43.9 Å². The van der Waals surface area contributed by atoms with E-state index in [9.17, 15) is 0 Å². The molecule has 5 nitrogen and oxygen atoms in total. The van der Waals surface area contributed by atoms with Gasteiger partial charge in [-0.1, -0.05) is 6.92 Å². The summed E-state index contributed by atoms with van der Waals surface area (Å²) in [6.45, 7) is 5.58. The van der Waals surface area contributed by atoms with Crippen LogP contribution >= 0.6 is 11.3 Å². The van der Waals surface area contributed by atoms with Crippen molar-refractivity contribution in [3.63, 3.8) is 0 Å². The van der Waals surface area contributed by atoms with Crippen molar-refractivity contribution in [1.82, 2.24) is 14.9 Å². The van der Waals surface area contributed by atoms with Gasteiger partial charge in [-0.15, -0.1) is 11.3 Å². The first-order valence-corrected chi connectivity index (χ1v) is 8.49. The van der Waals surface area contributed by atoms with E-state index in [0.29, 0.717) is 12.0 Å². The number of hydrogen-bond donors (Lipinski definition) is 1. The van der Waals surface area contributed by atoms with Crippen LogP contribution in [0.4, 0.5) is 11.8 Å². The molecule has 0 bridgehead atoms. The Balaban J connectivity index is 2.06. The molecule has 0 aromatic carbocycles. The first-order valence-electron chi connectivity index (χ1n) is 7.61. The third kappa shape index (κ3) is 2.82. The van der Waals surface area contributed by atoms with Gasteiger partial charge in [-0.05, 0) is 37.9 Å². The smallest absolute Gasteiger partial charge is 0.225 e. The van der Waals surface area contributed by atoms with Crippen molar-refractivity contribution in [2.24, 2.45) is 0 Å². The summed E-state index contributed by atoms with van der Waals surface area (Å²) < 4.78 is 0. The Labute approximate surface area is 130 Å². The van der Waals surface area contributed by atoms with Crippen LogP contribution in [0.25, 0.3) is 10.2 Å². The molecule has 1 atom stereocenters. The number of nitrogens with one attached hydrogen (secondary N) is 1. The van der Waals surface area contributed by atoms with E-state index in [-0.39, 0.29) is 0 Å². The Bertz CT molecular complexity index is 611. The van der Waals surface area contributed by atoms with E-state index in [4.69, 9.17) is 4.98 Å². The van der Waals surface area contributed by atoms with E-state index >= 15 is 0 Å². The highest BCUT2D eigenvalue weighted by atomic mass is 32.1. The first-order chi connectivity index (χ1) is 10.2. The molecule has 6 heteroatoms. The topological polar surface area (TPSA) is 44.3 Å². The average Bonchev–Trinajstić information content (AvgIpc) is 2.89. The van der Waals surface area contributed by atoms with Gasteiger partial charge in [-0.2, -0.15) is 4.98 Å². The van der Waals surface area contributed by atoms with Crippen molar-refractivity contribution in [2.45, 2.75) is 25.8 Å². The second kappa shape index (κ2) is 6.15. The fourth-order valence-corrected chi connectivity index (χ4v) is 3.80. The maximum Gasteiger partial charge on any atom is 0.225 e. The average molecular weight is 305 g/mol. The number of hydrogen-bond acceptors (Lipinski definition) is 6. The first kappa shape index (κ1) is 14.5. The van der Waals surface area contributed by atoms with Crippen LogP contribution < -0.4 is 10.2 Å². The molecule has 1 fully saturated rings. The highest BCUT2D eigenvalue weighted by Gasteiger charge is 2.25. The molecular weight excluding hydrogens is 282 g/mol. The molecule has 114 valence electrons. The third-order valence-electron chi connectivity index (χ3n) is 4.17. The summed E-state index contributed by atoms with van der Waals surface area (Å²) in [6, 6.07) is 2.66. The molecular formula is C15H23N5S. The molecule has 1 N–H and O–H groups in total. The highest BCUT2D eigenvalue weighted by Crippen LogP contribution is 2.31. The quantitative estimate of drug-likeness (QED) is 0.944. The summed E-state index contributed by atoms with van der Waals surface area (Å²) in [4.78, 5) is 15.3. The Hall–Kier alpha value is -1.40. The molecule has 1 unspecified atom stereocenters. The van der Waals surface area contributed by atoms with Gasteiger partial charge in [0.25, 0.3) is 0 Å². The van der Waals surface area contributed by atoms with Crippen LogP contribution in [0.1, 0.15) is 19.8 Å². The molecule has 2 aromatic heterocycles. The van der Waals surface area contributed by atoms with Crippen molar-refractivity contribution >= 4 is 33.3 Å². The Morgan fingerprint density at radius 1 is 1.38 bits per heavy atom. The van der Waals surface area contributed by atoms with Crippen LogP contribution in [-0.2, 0) is 0 Å². The Morgan fingerprint density at radius 2 is 2.24 bits per heavy atom. The minimum Gasteiger partial charge on any atom is -0.357 e. The van der Waals surface area contributed by atoms with E-state index in [2.05, 4.69) is 45.5 Å². The van der Waals surface area contributed by atoms with Crippen LogP contribution in [0.2, 0.25) is 0 Å². The summed E-state index contributed by atoms with van der Waals surface area (Å²) in [5, 5.41) is 6.38. The lowest BCUT2D eigenvalue weighted by Crippen LogP contribution is -2.40. The summed E-state index contributed by atoms with van der Waals surface area (Å²) in [6.07, 6.45) is 2.31. The molecule has 3 heterocycles. The summed E-state index contributed by atoms with van der Waals surface area (Å²) in [5.74, 6) is 1.81. The number of rotatable bonds is 3. The van der Waals surface area contributed by atoms with Gasteiger partial charge in [-0.3, -0.25) is 0 Å². The Kier molecular flexibility index (Phi) is 4.26. The number of likely N-dealkylation sites (N-methyl/N-ethyl adjacent to an activating group) is 1. The molecule has 0 amide bonds. The van der Waals surface area contributed by atoms with Gasteiger partial charge < -0.3 is 15.1 Å². The largest absolute Gasteiger partial charge is 0.357 e. The third-order valence-corrected chi connectivity index (χ3v) is 4.98. The summed E-state index contributed by atoms with van der Waals surface area (Å²) in [5.41, 5.74) is 0. The molecule has 1 saturated heterocycles. The number of fused-ring (bicyclic) bond motifs is 1. The van der Waals surface area contributed by atoms with Crippen molar-refractivity contribution in [3.05, 3.63) is 11.4 Å². The van der Waals surface area contributed by atoms with Crippen molar-refractivity contribution < 1.29 is 0 Å². The number of nitrogens with zero attached hydrogens (tertiary/aromatic N) is 4. The van der Waals surface area contributed by atoms with E-state index in [1.807, 2.05) is 7.05 Å². The summed E-state index contributed by atoms with van der Waals surface area (Å²) >= 11 is 1.68. The second-order valence-corrected chi connectivity index (χ2v) is 6.53. The minimum atomic E-state index is 0.514. The van der Waals surface area contributed by atoms with E-state index in [1.165, 1.54) is 11.8 Å². The molecule has 2 aromatic rings.